The second kappa shape index (κ2) is 5.96. The van der Waals surface area contributed by atoms with Gasteiger partial charge in [0, 0.05) is 11.8 Å². The Balaban J connectivity index is 2.10. The van der Waals surface area contributed by atoms with Crippen LogP contribution in [0.15, 0.2) is 36.5 Å². The van der Waals surface area contributed by atoms with Gasteiger partial charge in [0.1, 0.15) is 17.3 Å². The quantitative estimate of drug-likeness (QED) is 0.854. The summed E-state index contributed by atoms with van der Waals surface area (Å²) >= 11 is 0. The van der Waals surface area contributed by atoms with Crippen LogP contribution < -0.4 is 11.1 Å². The molecule has 2 aromatic rings. The number of nitrogen functional groups attached to an aromatic ring is 1. The van der Waals surface area contributed by atoms with Crippen molar-refractivity contribution < 1.29 is 22.4 Å². The second-order valence-corrected chi connectivity index (χ2v) is 4.28. The zero-order chi connectivity index (χ0) is 16.3. The van der Waals surface area contributed by atoms with E-state index in [2.05, 4.69) is 15.3 Å². The van der Waals surface area contributed by atoms with Crippen LogP contribution in [0, 0.1) is 0 Å². The van der Waals surface area contributed by atoms with Crippen LogP contribution in [0.1, 0.15) is 22.2 Å². The predicted octanol–water partition coefficient (Wildman–Crippen LogP) is 2.88. The first-order chi connectivity index (χ1) is 10.3. The molecule has 0 fully saturated rings. The van der Waals surface area contributed by atoms with E-state index >= 15 is 0 Å². The average molecular weight is 314 g/mol. The third-order valence-electron chi connectivity index (χ3n) is 2.61. The van der Waals surface area contributed by atoms with Gasteiger partial charge in [-0.05, 0) is 18.2 Å². The Bertz CT molecular complexity index is 672. The zero-order valence-electron chi connectivity index (χ0n) is 10.9. The Morgan fingerprint density at radius 3 is 2.50 bits per heavy atom. The molecule has 116 valence electrons. The number of anilines is 2. The summed E-state index contributed by atoms with van der Waals surface area (Å²) in [5.74, 6) is -0.533. The van der Waals surface area contributed by atoms with Crippen LogP contribution in [0.2, 0.25) is 0 Å². The minimum atomic E-state index is -5.00. The van der Waals surface area contributed by atoms with Crippen molar-refractivity contribution in [2.45, 2.75) is 12.3 Å². The van der Waals surface area contributed by atoms with Gasteiger partial charge in [0.2, 0.25) is 6.17 Å². The summed E-state index contributed by atoms with van der Waals surface area (Å²) in [5, 5.41) is 2.32. The van der Waals surface area contributed by atoms with E-state index in [1.165, 1.54) is 18.2 Å². The number of rotatable bonds is 3. The first kappa shape index (κ1) is 15.7. The molecule has 0 bridgehead atoms. The van der Waals surface area contributed by atoms with E-state index < -0.39 is 23.8 Å². The number of nitrogens with zero attached hydrogens (tertiary/aromatic N) is 2. The van der Waals surface area contributed by atoms with E-state index in [1.54, 1.807) is 0 Å². The Kier molecular flexibility index (Phi) is 4.25. The fraction of sp³-hybridized carbons (Fsp3) is 0.154. The largest absolute Gasteiger partial charge is 0.423 e. The predicted molar refractivity (Wildman–Crippen MR) is 70.7 cm³/mol. The molecule has 0 aliphatic heterocycles. The molecule has 0 saturated carbocycles. The summed E-state index contributed by atoms with van der Waals surface area (Å²) in [4.78, 5) is 19.2. The Morgan fingerprint density at radius 1 is 1.23 bits per heavy atom. The molecule has 2 aromatic heterocycles. The number of hydrogen-bond donors (Lipinski definition) is 2. The fourth-order valence-electron chi connectivity index (χ4n) is 1.58. The van der Waals surface area contributed by atoms with Crippen LogP contribution >= 0.6 is 0 Å². The summed E-state index contributed by atoms with van der Waals surface area (Å²) in [5.41, 5.74) is 4.80. The van der Waals surface area contributed by atoms with Gasteiger partial charge in [-0.2, -0.15) is 13.2 Å². The van der Waals surface area contributed by atoms with Gasteiger partial charge >= 0.3 is 6.18 Å². The highest BCUT2D eigenvalue weighted by Crippen LogP contribution is 2.35. The Labute approximate surface area is 122 Å². The van der Waals surface area contributed by atoms with E-state index in [1.807, 2.05) is 0 Å². The van der Waals surface area contributed by atoms with Crippen molar-refractivity contribution in [3.63, 3.8) is 0 Å². The highest BCUT2D eigenvalue weighted by atomic mass is 19.4. The molecule has 0 aliphatic rings. The number of amides is 1. The number of halogens is 4. The molecule has 1 atom stereocenters. The van der Waals surface area contributed by atoms with E-state index in [4.69, 9.17) is 5.73 Å². The smallest absolute Gasteiger partial charge is 0.384 e. The van der Waals surface area contributed by atoms with Crippen LogP contribution in [0.4, 0.5) is 29.2 Å². The van der Waals surface area contributed by atoms with E-state index in [9.17, 15) is 22.4 Å². The van der Waals surface area contributed by atoms with Crippen molar-refractivity contribution in [3.05, 3.63) is 47.8 Å². The Hall–Kier alpha value is -2.71. The van der Waals surface area contributed by atoms with Crippen LogP contribution in [0.5, 0.6) is 0 Å². The van der Waals surface area contributed by atoms with E-state index in [0.717, 1.165) is 12.1 Å². The first-order valence-electron chi connectivity index (χ1n) is 5.98. The molecule has 3 N–H and O–H groups in total. The minimum absolute atomic E-state index is 0.0181. The molecule has 2 rings (SSSR count). The third kappa shape index (κ3) is 3.68. The normalized spacial score (nSPS) is 12.7. The number of pyridine rings is 2. The van der Waals surface area contributed by atoms with Crippen LogP contribution in [0.3, 0.4) is 0 Å². The van der Waals surface area contributed by atoms with E-state index in [0.29, 0.717) is 6.20 Å². The highest BCUT2D eigenvalue weighted by Gasteiger charge is 2.41. The summed E-state index contributed by atoms with van der Waals surface area (Å²) < 4.78 is 49.7. The molecule has 5 nitrogen and oxygen atoms in total. The van der Waals surface area contributed by atoms with Crippen molar-refractivity contribution >= 4 is 17.5 Å². The molecule has 9 heteroatoms. The lowest BCUT2D eigenvalue weighted by Crippen LogP contribution is -2.18. The van der Waals surface area contributed by atoms with Crippen molar-refractivity contribution in [2.75, 3.05) is 11.1 Å². The molecule has 0 spiro atoms. The molecular weight excluding hydrogens is 304 g/mol. The minimum Gasteiger partial charge on any atom is -0.384 e. The first-order valence-corrected chi connectivity index (χ1v) is 5.98. The van der Waals surface area contributed by atoms with Crippen molar-refractivity contribution in [1.82, 2.24) is 9.97 Å². The SMILES string of the molecule is Nc1cccc(C(=O)Nc2ccc(C(F)C(F)(F)F)cn2)n1. The van der Waals surface area contributed by atoms with Crippen molar-refractivity contribution in [2.24, 2.45) is 0 Å². The van der Waals surface area contributed by atoms with Gasteiger partial charge in [-0.3, -0.25) is 4.79 Å². The number of alkyl halides is 4. The summed E-state index contributed by atoms with van der Waals surface area (Å²) in [6.45, 7) is 0. The lowest BCUT2D eigenvalue weighted by molar-refractivity contribution is -0.182. The van der Waals surface area contributed by atoms with Crippen LogP contribution in [-0.4, -0.2) is 22.1 Å². The highest BCUT2D eigenvalue weighted by molar-refractivity contribution is 6.02. The van der Waals surface area contributed by atoms with E-state index in [-0.39, 0.29) is 17.3 Å². The maximum Gasteiger partial charge on any atom is 0.423 e. The van der Waals surface area contributed by atoms with Crippen LogP contribution in [0.25, 0.3) is 0 Å². The fourth-order valence-corrected chi connectivity index (χ4v) is 1.58. The number of nitrogens with one attached hydrogen (secondary N) is 1. The molecule has 0 saturated heterocycles. The molecule has 22 heavy (non-hydrogen) atoms. The molecule has 0 radical (unpaired) electrons. The number of hydrogen-bond acceptors (Lipinski definition) is 4. The maximum absolute atomic E-state index is 13.1. The van der Waals surface area contributed by atoms with Crippen molar-refractivity contribution in [3.8, 4) is 0 Å². The molecular formula is C13H10F4N4O. The molecule has 1 amide bonds. The second-order valence-electron chi connectivity index (χ2n) is 4.28. The standard InChI is InChI=1S/C13H10F4N4O/c14-11(13(15,16)17)7-4-5-10(19-6-7)21-12(22)8-2-1-3-9(18)20-8/h1-6,11H,(H2,18,20)(H,19,21,22). The third-order valence-corrected chi connectivity index (χ3v) is 2.61. The Morgan fingerprint density at radius 2 is 1.95 bits per heavy atom. The summed E-state index contributed by atoms with van der Waals surface area (Å²) in [6, 6.07) is 6.37. The molecule has 0 aliphatic carbocycles. The number of carbonyl (C=O) groups is 1. The van der Waals surface area contributed by atoms with Gasteiger partial charge in [0.05, 0.1) is 0 Å². The molecule has 0 aromatic carbocycles. The summed E-state index contributed by atoms with van der Waals surface area (Å²) in [7, 11) is 0. The maximum atomic E-state index is 13.1. The van der Waals surface area contributed by atoms with Crippen molar-refractivity contribution in [1.29, 1.82) is 0 Å². The zero-order valence-corrected chi connectivity index (χ0v) is 10.9. The number of carbonyl (C=O) groups excluding carboxylic acids is 1. The topological polar surface area (TPSA) is 80.9 Å². The monoisotopic (exact) mass is 314 g/mol. The number of aromatic nitrogens is 2. The molecule has 1 unspecified atom stereocenters. The summed E-state index contributed by atoms with van der Waals surface area (Å²) in [6.07, 6.45) is -7.42. The van der Waals surface area contributed by atoms with Gasteiger partial charge in [-0.1, -0.05) is 12.1 Å². The lowest BCUT2D eigenvalue weighted by atomic mass is 10.2. The van der Waals surface area contributed by atoms with Crippen LogP contribution in [-0.2, 0) is 0 Å². The van der Waals surface area contributed by atoms with Gasteiger partial charge in [-0.15, -0.1) is 0 Å². The average Bonchev–Trinajstić information content (AvgIpc) is 2.46. The molecule has 2 heterocycles. The van der Waals surface area contributed by atoms with Gasteiger partial charge in [0.15, 0.2) is 0 Å². The van der Waals surface area contributed by atoms with Gasteiger partial charge < -0.3 is 11.1 Å². The lowest BCUT2D eigenvalue weighted by Gasteiger charge is -2.12. The van der Waals surface area contributed by atoms with Gasteiger partial charge in [0.25, 0.3) is 5.91 Å². The number of nitrogens with two attached hydrogens (primary N) is 1. The van der Waals surface area contributed by atoms with Gasteiger partial charge in [-0.25, -0.2) is 14.4 Å².